The van der Waals surface area contributed by atoms with Gasteiger partial charge in [0.15, 0.2) is 0 Å². The summed E-state index contributed by atoms with van der Waals surface area (Å²) in [5.74, 6) is 2.30. The Kier molecular flexibility index (Phi) is 7.62. The van der Waals surface area contributed by atoms with E-state index >= 15 is 0 Å². The van der Waals surface area contributed by atoms with E-state index < -0.39 is 0 Å². The molecule has 8 heteroatoms. The number of hydrogen-bond donors (Lipinski definition) is 1. The van der Waals surface area contributed by atoms with Gasteiger partial charge in [-0.1, -0.05) is 12.1 Å². The van der Waals surface area contributed by atoms with Crippen molar-refractivity contribution in [2.45, 2.75) is 77.5 Å². The number of nitrogens with two attached hydrogens (primary N) is 1. The number of ether oxygens (including phenoxy) is 2. The third kappa shape index (κ3) is 5.86. The van der Waals surface area contributed by atoms with E-state index in [0.717, 1.165) is 33.7 Å². The van der Waals surface area contributed by atoms with Crippen molar-refractivity contribution in [1.29, 1.82) is 0 Å². The van der Waals surface area contributed by atoms with Gasteiger partial charge in [-0.15, -0.1) is 0 Å². The quantitative estimate of drug-likeness (QED) is 0.346. The zero-order chi connectivity index (χ0) is 28.6. The number of aliphatic imine (C=N–C) groups is 1. The second-order valence-electron chi connectivity index (χ2n) is 12.1. The van der Waals surface area contributed by atoms with Gasteiger partial charge in [-0.25, -0.2) is 4.52 Å². The van der Waals surface area contributed by atoms with Crippen molar-refractivity contribution in [1.82, 2.24) is 14.5 Å². The number of carbonyl (C=O) groups is 1. The molecule has 3 atom stereocenters. The molecule has 0 radical (unpaired) electrons. The van der Waals surface area contributed by atoms with Gasteiger partial charge in [0.05, 0.1) is 24.9 Å². The molecule has 40 heavy (non-hydrogen) atoms. The molecular weight excluding hydrogens is 502 g/mol. The number of methoxy groups -OCH3 is 1. The van der Waals surface area contributed by atoms with Gasteiger partial charge in [-0.3, -0.25) is 9.79 Å². The molecule has 2 aromatic heterocycles. The van der Waals surface area contributed by atoms with Crippen molar-refractivity contribution in [3.63, 3.8) is 0 Å². The van der Waals surface area contributed by atoms with E-state index in [2.05, 4.69) is 23.9 Å². The number of allylic oxidation sites excluding steroid dienone is 1. The van der Waals surface area contributed by atoms with Crippen LogP contribution in [0.5, 0.6) is 11.5 Å². The monoisotopic (exact) mass is 543 g/mol. The largest absolute Gasteiger partial charge is 0.497 e. The number of hydrogen-bond acceptors (Lipinski definition) is 6. The maximum Gasteiger partial charge on any atom is 0.223 e. The SMILES string of the molecule is COc1ccc(C(C)N2CC(C(C)Oc3cc(C(C=NC(C)(C)C)=CN)cn4ncc(C5CC5)c34)CC2=O)cc1. The van der Waals surface area contributed by atoms with E-state index in [1.165, 1.54) is 18.4 Å². The first-order valence-electron chi connectivity index (χ1n) is 14.2. The lowest BCUT2D eigenvalue weighted by molar-refractivity contribution is -0.129. The molecule has 2 aliphatic rings. The predicted octanol–water partition coefficient (Wildman–Crippen LogP) is 5.77. The molecule has 0 spiro atoms. The van der Waals surface area contributed by atoms with E-state index in [4.69, 9.17) is 15.2 Å². The molecule has 1 aromatic carbocycles. The number of rotatable bonds is 9. The molecule has 1 amide bonds. The number of amides is 1. The molecule has 5 rings (SSSR count). The van der Waals surface area contributed by atoms with Crippen molar-refractivity contribution in [3.8, 4) is 11.5 Å². The molecule has 3 aromatic rings. The maximum atomic E-state index is 13.1. The molecule has 1 aliphatic heterocycles. The maximum absolute atomic E-state index is 13.1. The van der Waals surface area contributed by atoms with Crippen LogP contribution in [-0.2, 0) is 4.79 Å². The van der Waals surface area contributed by atoms with Gasteiger partial charge in [0.1, 0.15) is 23.1 Å². The number of likely N-dealkylation sites (tertiary alicyclic amines) is 1. The lowest BCUT2D eigenvalue weighted by atomic mass is 10.0. The molecule has 3 unspecified atom stereocenters. The second-order valence-corrected chi connectivity index (χ2v) is 12.1. The molecule has 1 aliphatic carbocycles. The summed E-state index contributed by atoms with van der Waals surface area (Å²) in [5.41, 5.74) is 10.8. The van der Waals surface area contributed by atoms with Crippen LogP contribution in [0.25, 0.3) is 11.1 Å². The van der Waals surface area contributed by atoms with Crippen molar-refractivity contribution < 1.29 is 14.3 Å². The Morgan fingerprint density at radius 2 is 1.93 bits per heavy atom. The third-order valence-electron chi connectivity index (χ3n) is 7.96. The Balaban J connectivity index is 1.40. The highest BCUT2D eigenvalue weighted by Crippen LogP contribution is 2.44. The van der Waals surface area contributed by atoms with Gasteiger partial charge in [0.2, 0.25) is 5.91 Å². The molecule has 2 fully saturated rings. The minimum Gasteiger partial charge on any atom is -0.497 e. The average Bonchev–Trinajstić information content (AvgIpc) is 3.56. The topological polar surface area (TPSA) is 94.4 Å². The lowest BCUT2D eigenvalue weighted by Gasteiger charge is -2.27. The van der Waals surface area contributed by atoms with Gasteiger partial charge in [0, 0.05) is 54.2 Å². The number of carbonyl (C=O) groups excluding carboxylic acids is 1. The zero-order valence-electron chi connectivity index (χ0n) is 24.4. The predicted molar refractivity (Wildman–Crippen MR) is 159 cm³/mol. The number of nitrogens with zero attached hydrogens (tertiary/aromatic N) is 4. The Morgan fingerprint density at radius 1 is 1.20 bits per heavy atom. The highest BCUT2D eigenvalue weighted by atomic mass is 16.5. The van der Waals surface area contributed by atoms with Crippen LogP contribution in [0.15, 0.2) is 53.9 Å². The first-order valence-corrected chi connectivity index (χ1v) is 14.2. The minimum atomic E-state index is -0.221. The summed E-state index contributed by atoms with van der Waals surface area (Å²) < 4.78 is 13.9. The average molecular weight is 544 g/mol. The van der Waals surface area contributed by atoms with E-state index in [1.807, 2.05) is 79.1 Å². The van der Waals surface area contributed by atoms with Gasteiger partial charge >= 0.3 is 0 Å². The smallest absolute Gasteiger partial charge is 0.223 e. The first kappa shape index (κ1) is 27.7. The summed E-state index contributed by atoms with van der Waals surface area (Å²) in [7, 11) is 1.65. The van der Waals surface area contributed by atoms with Gasteiger partial charge in [-0.2, -0.15) is 5.10 Å². The molecule has 1 saturated carbocycles. The van der Waals surface area contributed by atoms with Crippen LogP contribution >= 0.6 is 0 Å². The molecule has 0 bridgehead atoms. The highest BCUT2D eigenvalue weighted by molar-refractivity contribution is 6.10. The van der Waals surface area contributed by atoms with Crippen molar-refractivity contribution in [3.05, 3.63) is 65.6 Å². The van der Waals surface area contributed by atoms with Crippen LogP contribution in [-0.4, -0.2) is 51.9 Å². The van der Waals surface area contributed by atoms with Crippen LogP contribution in [0.3, 0.4) is 0 Å². The number of benzene rings is 1. The molecule has 212 valence electrons. The highest BCUT2D eigenvalue weighted by Gasteiger charge is 2.37. The fourth-order valence-electron chi connectivity index (χ4n) is 5.33. The van der Waals surface area contributed by atoms with Gasteiger partial charge in [-0.05, 0) is 77.1 Å². The van der Waals surface area contributed by atoms with Gasteiger partial charge < -0.3 is 20.1 Å². The molecule has 8 nitrogen and oxygen atoms in total. The number of fused-ring (bicyclic) bond motifs is 1. The minimum absolute atomic E-state index is 0.0266. The van der Waals surface area contributed by atoms with E-state index in [1.54, 1.807) is 13.3 Å². The Morgan fingerprint density at radius 3 is 2.55 bits per heavy atom. The van der Waals surface area contributed by atoms with E-state index in [-0.39, 0.29) is 29.5 Å². The van der Waals surface area contributed by atoms with Gasteiger partial charge in [0.25, 0.3) is 0 Å². The number of aromatic nitrogens is 2. The second kappa shape index (κ2) is 11.0. The summed E-state index contributed by atoms with van der Waals surface area (Å²) in [6.45, 7) is 10.9. The van der Waals surface area contributed by atoms with E-state index in [0.29, 0.717) is 18.9 Å². The third-order valence-corrected chi connectivity index (χ3v) is 7.96. The summed E-state index contributed by atoms with van der Waals surface area (Å²) in [5, 5.41) is 4.68. The van der Waals surface area contributed by atoms with Crippen LogP contribution in [0.1, 0.15) is 82.5 Å². The van der Waals surface area contributed by atoms with Crippen molar-refractivity contribution in [2.75, 3.05) is 13.7 Å². The molecular formula is C32H41N5O3. The fourth-order valence-corrected chi connectivity index (χ4v) is 5.33. The standard InChI is InChI=1S/C32H41N5O3/c1-20(22-9-11-27(39-6)12-10-22)36-18-24(14-30(36)38)21(2)40-29-13-25(26(15-33)16-34-32(3,4)5)19-37-31(29)28(17-35-37)23-7-8-23/h9-13,15-17,19-21,23-24H,7-8,14,18,33H2,1-6H3. The number of pyridine rings is 1. The van der Waals surface area contributed by atoms with Crippen LogP contribution < -0.4 is 15.2 Å². The summed E-state index contributed by atoms with van der Waals surface area (Å²) >= 11 is 0. The van der Waals surface area contributed by atoms with Crippen LogP contribution in [0.2, 0.25) is 0 Å². The van der Waals surface area contributed by atoms with Crippen LogP contribution in [0.4, 0.5) is 0 Å². The summed E-state index contributed by atoms with van der Waals surface area (Å²) in [6, 6.07) is 9.94. The van der Waals surface area contributed by atoms with Crippen molar-refractivity contribution >= 4 is 23.2 Å². The Bertz CT molecular complexity index is 1430. The van der Waals surface area contributed by atoms with E-state index in [9.17, 15) is 4.79 Å². The first-order chi connectivity index (χ1) is 19.1. The lowest BCUT2D eigenvalue weighted by Crippen LogP contribution is -2.31. The zero-order valence-corrected chi connectivity index (χ0v) is 24.4. The van der Waals surface area contributed by atoms with Crippen molar-refractivity contribution in [2.24, 2.45) is 16.6 Å². The molecule has 3 heterocycles. The fraction of sp³-hybridized carbons (Fsp3) is 0.469. The Hall–Kier alpha value is -3.81. The summed E-state index contributed by atoms with van der Waals surface area (Å²) in [6.07, 6.45) is 9.95. The molecule has 1 saturated heterocycles. The Labute approximate surface area is 236 Å². The molecule has 2 N–H and O–H groups in total. The normalized spacial score (nSPS) is 19.9. The summed E-state index contributed by atoms with van der Waals surface area (Å²) in [4.78, 5) is 19.8. The van der Waals surface area contributed by atoms with Crippen LogP contribution in [0, 0.1) is 5.92 Å².